The maximum atomic E-state index is 12.1. The lowest BCUT2D eigenvalue weighted by Crippen LogP contribution is -2.47. The first-order valence-corrected chi connectivity index (χ1v) is 8.19. The molecule has 0 N–H and O–H groups in total. The molecule has 0 bridgehead atoms. The highest BCUT2D eigenvalue weighted by Crippen LogP contribution is 2.28. The number of nitrogens with zero attached hydrogens (tertiary/aromatic N) is 1. The van der Waals surface area contributed by atoms with Crippen LogP contribution >= 0.6 is 15.9 Å². The molecule has 1 aliphatic rings. The van der Waals surface area contributed by atoms with Crippen LogP contribution in [0.5, 0.6) is 0 Å². The molecule has 0 aromatic carbocycles. The highest BCUT2D eigenvalue weighted by atomic mass is 79.9. The van der Waals surface area contributed by atoms with Gasteiger partial charge in [0.05, 0.1) is 5.25 Å². The molecule has 1 fully saturated rings. The molecule has 15 heavy (non-hydrogen) atoms. The van der Waals surface area contributed by atoms with Crippen LogP contribution in [0.15, 0.2) is 0 Å². The van der Waals surface area contributed by atoms with E-state index in [0.29, 0.717) is 6.54 Å². The molecule has 0 heterocycles. The van der Waals surface area contributed by atoms with Crippen molar-refractivity contribution in [3.63, 3.8) is 0 Å². The summed E-state index contributed by atoms with van der Waals surface area (Å²) in [7, 11) is -3.06. The molecule has 0 unspecified atom stereocenters. The van der Waals surface area contributed by atoms with Gasteiger partial charge in [0, 0.05) is 17.9 Å². The Hall–Kier alpha value is 0.390. The van der Waals surface area contributed by atoms with Gasteiger partial charge in [0.15, 0.2) is 0 Å². The maximum Gasteiger partial charge on any atom is 0.216 e. The van der Waals surface area contributed by atoms with E-state index in [1.807, 2.05) is 0 Å². The lowest BCUT2D eigenvalue weighted by molar-refractivity contribution is 0.218. The van der Waals surface area contributed by atoms with Gasteiger partial charge in [0.1, 0.15) is 0 Å². The monoisotopic (exact) mass is 297 g/mol. The summed E-state index contributed by atoms with van der Waals surface area (Å²) in [6.45, 7) is 4.18. The van der Waals surface area contributed by atoms with Gasteiger partial charge in [-0.25, -0.2) is 8.42 Å². The normalized spacial score (nSPS) is 18.5. The zero-order chi connectivity index (χ0) is 11.5. The maximum absolute atomic E-state index is 12.1. The highest BCUT2D eigenvalue weighted by molar-refractivity contribution is 9.09. The number of sulfonamides is 1. The largest absolute Gasteiger partial charge is 0.216 e. The molecule has 0 radical (unpaired) electrons. The van der Waals surface area contributed by atoms with E-state index in [2.05, 4.69) is 15.9 Å². The van der Waals surface area contributed by atoms with Crippen LogP contribution in [0.2, 0.25) is 0 Å². The van der Waals surface area contributed by atoms with Crippen molar-refractivity contribution in [2.45, 2.75) is 50.8 Å². The van der Waals surface area contributed by atoms with Crippen LogP contribution in [0.4, 0.5) is 0 Å². The molecular formula is C10H20BrNO2S. The first kappa shape index (κ1) is 13.5. The minimum Gasteiger partial charge on any atom is -0.212 e. The van der Waals surface area contributed by atoms with E-state index in [4.69, 9.17) is 0 Å². The van der Waals surface area contributed by atoms with Crippen molar-refractivity contribution in [2.75, 3.05) is 11.9 Å². The van der Waals surface area contributed by atoms with Crippen molar-refractivity contribution in [1.29, 1.82) is 0 Å². The van der Waals surface area contributed by atoms with Crippen molar-refractivity contribution in [1.82, 2.24) is 4.31 Å². The van der Waals surface area contributed by atoms with Crippen molar-refractivity contribution < 1.29 is 8.42 Å². The van der Waals surface area contributed by atoms with Gasteiger partial charge in [-0.05, 0) is 33.1 Å². The molecule has 0 amide bonds. The predicted octanol–water partition coefficient (Wildman–Crippen LogP) is 2.36. The summed E-state index contributed by atoms with van der Waals surface area (Å²) in [5, 5.41) is 0.567. The zero-order valence-corrected chi connectivity index (χ0v) is 11.8. The minimum absolute atomic E-state index is 0.274. The van der Waals surface area contributed by atoms with E-state index < -0.39 is 10.0 Å². The van der Waals surface area contributed by atoms with E-state index in [0.717, 1.165) is 24.6 Å². The summed E-state index contributed by atoms with van der Waals surface area (Å²) in [5.41, 5.74) is 0. The highest BCUT2D eigenvalue weighted by Gasteiger charge is 2.34. The summed E-state index contributed by atoms with van der Waals surface area (Å²) in [4.78, 5) is 0. The van der Waals surface area contributed by atoms with Crippen LogP contribution in [0.1, 0.15) is 39.5 Å². The van der Waals surface area contributed by atoms with Gasteiger partial charge in [0.2, 0.25) is 10.0 Å². The van der Waals surface area contributed by atoms with Crippen molar-refractivity contribution in [3.05, 3.63) is 0 Å². The summed E-state index contributed by atoms with van der Waals surface area (Å²) < 4.78 is 25.9. The van der Waals surface area contributed by atoms with Gasteiger partial charge in [0.25, 0.3) is 0 Å². The number of halogens is 1. The van der Waals surface area contributed by atoms with Crippen molar-refractivity contribution in [2.24, 2.45) is 0 Å². The van der Waals surface area contributed by atoms with Crippen molar-refractivity contribution in [3.8, 4) is 0 Å². The lowest BCUT2D eigenvalue weighted by atomic mass is 9.93. The van der Waals surface area contributed by atoms with E-state index in [-0.39, 0.29) is 11.3 Å². The van der Waals surface area contributed by atoms with Gasteiger partial charge in [-0.2, -0.15) is 4.31 Å². The Labute approximate surface area is 101 Å². The van der Waals surface area contributed by atoms with E-state index in [9.17, 15) is 8.42 Å². The van der Waals surface area contributed by atoms with E-state index >= 15 is 0 Å². The average molecular weight is 298 g/mol. The zero-order valence-electron chi connectivity index (χ0n) is 9.45. The Morgan fingerprint density at radius 2 is 2.00 bits per heavy atom. The first-order chi connectivity index (χ1) is 7.00. The molecule has 1 saturated carbocycles. The number of hydrogen-bond acceptors (Lipinski definition) is 2. The van der Waals surface area contributed by atoms with E-state index in [1.54, 1.807) is 18.2 Å². The van der Waals surface area contributed by atoms with Crippen LogP contribution in [0, 0.1) is 0 Å². The Bertz CT molecular complexity index is 286. The third kappa shape index (κ3) is 3.17. The topological polar surface area (TPSA) is 37.4 Å². The molecular weight excluding hydrogens is 278 g/mol. The molecule has 0 aromatic heterocycles. The summed E-state index contributed by atoms with van der Waals surface area (Å²) >= 11 is 3.35. The Balaban J connectivity index is 2.70. The second-order valence-electron chi connectivity index (χ2n) is 4.33. The van der Waals surface area contributed by atoms with Crippen LogP contribution in [-0.4, -0.2) is 35.9 Å². The first-order valence-electron chi connectivity index (χ1n) is 5.56. The molecule has 1 aliphatic carbocycles. The standard InChI is InChI=1S/C10H20BrNO2S/c1-9(2)15(13,14)12(8-4-7-11)10-5-3-6-10/h9-10H,3-8H2,1-2H3. The van der Waals surface area contributed by atoms with Gasteiger partial charge < -0.3 is 0 Å². The molecule has 0 saturated heterocycles. The molecule has 0 aromatic rings. The second-order valence-corrected chi connectivity index (χ2v) is 7.57. The fraction of sp³-hybridized carbons (Fsp3) is 1.00. The quantitative estimate of drug-likeness (QED) is 0.706. The minimum atomic E-state index is -3.06. The molecule has 1 rings (SSSR count). The fourth-order valence-electron chi connectivity index (χ4n) is 1.68. The van der Waals surface area contributed by atoms with Gasteiger partial charge in [-0.1, -0.05) is 22.4 Å². The summed E-state index contributed by atoms with van der Waals surface area (Å²) in [6, 6.07) is 0.274. The van der Waals surface area contributed by atoms with Crippen LogP contribution < -0.4 is 0 Å². The fourth-order valence-corrected chi connectivity index (χ4v) is 3.48. The van der Waals surface area contributed by atoms with Crippen LogP contribution in [0.25, 0.3) is 0 Å². The Morgan fingerprint density at radius 1 is 1.40 bits per heavy atom. The third-order valence-corrected chi connectivity index (χ3v) is 5.80. The Kier molecular flexibility index (Phi) is 5.06. The summed E-state index contributed by atoms with van der Waals surface area (Å²) in [6.07, 6.45) is 4.13. The van der Waals surface area contributed by atoms with Crippen LogP contribution in [0.3, 0.4) is 0 Å². The molecule has 0 aliphatic heterocycles. The molecule has 3 nitrogen and oxygen atoms in total. The summed E-state index contributed by atoms with van der Waals surface area (Å²) in [5.74, 6) is 0. The Morgan fingerprint density at radius 3 is 2.33 bits per heavy atom. The van der Waals surface area contributed by atoms with Gasteiger partial charge in [-0.3, -0.25) is 0 Å². The van der Waals surface area contributed by atoms with E-state index in [1.165, 1.54) is 6.42 Å². The molecule has 0 spiro atoms. The van der Waals surface area contributed by atoms with Crippen molar-refractivity contribution >= 4 is 26.0 Å². The molecule has 0 atom stereocenters. The molecule has 5 heteroatoms. The number of hydrogen-bond donors (Lipinski definition) is 0. The third-order valence-electron chi connectivity index (χ3n) is 2.92. The SMILES string of the molecule is CC(C)S(=O)(=O)N(CCCBr)C1CCC1. The van der Waals surface area contributed by atoms with Gasteiger partial charge in [-0.15, -0.1) is 0 Å². The number of alkyl halides is 1. The predicted molar refractivity (Wildman–Crippen MR) is 66.8 cm³/mol. The molecule has 90 valence electrons. The smallest absolute Gasteiger partial charge is 0.212 e. The van der Waals surface area contributed by atoms with Crippen LogP contribution in [-0.2, 0) is 10.0 Å². The lowest BCUT2D eigenvalue weighted by Gasteiger charge is -2.37. The number of rotatable bonds is 6. The average Bonchev–Trinajstić information content (AvgIpc) is 2.08. The second kappa shape index (κ2) is 5.64. The van der Waals surface area contributed by atoms with Gasteiger partial charge >= 0.3 is 0 Å².